The second-order valence-electron chi connectivity index (χ2n) is 4.18. The lowest BCUT2D eigenvalue weighted by Crippen LogP contribution is -2.29. The molecule has 1 aromatic heterocycles. The van der Waals surface area contributed by atoms with E-state index in [1.54, 1.807) is 6.20 Å². The number of hydrogen-bond donors (Lipinski definition) is 2. The van der Waals surface area contributed by atoms with Crippen molar-refractivity contribution in [1.29, 1.82) is 0 Å². The van der Waals surface area contributed by atoms with Gasteiger partial charge in [0.25, 0.3) is 0 Å². The lowest BCUT2D eigenvalue weighted by atomic mass is 10.2. The van der Waals surface area contributed by atoms with Gasteiger partial charge in [0, 0.05) is 19.1 Å². The summed E-state index contributed by atoms with van der Waals surface area (Å²) in [5.41, 5.74) is 0.856. The Morgan fingerprint density at radius 3 is 2.81 bits per heavy atom. The van der Waals surface area contributed by atoms with Gasteiger partial charge in [-0.15, -0.1) is 0 Å². The zero-order chi connectivity index (χ0) is 12.1. The average molecular weight is 290 g/mol. The molecule has 0 aliphatic carbocycles. The second kappa shape index (κ2) is 6.37. The molecule has 92 valence electrons. The summed E-state index contributed by atoms with van der Waals surface area (Å²) < 4.78 is 2.73. The number of aliphatic hydroxyl groups excluding tert-OH is 1. The number of nitrogens with zero attached hydrogens (tertiary/aromatic N) is 2. The number of halogens is 1. The lowest BCUT2D eigenvalue weighted by Gasteiger charge is -2.16. The van der Waals surface area contributed by atoms with E-state index in [4.69, 9.17) is 0 Å². The molecular weight excluding hydrogens is 270 g/mol. The van der Waals surface area contributed by atoms with Gasteiger partial charge in [0.05, 0.1) is 16.4 Å². The van der Waals surface area contributed by atoms with E-state index in [1.807, 2.05) is 4.68 Å². The zero-order valence-electron chi connectivity index (χ0n) is 10.1. The van der Waals surface area contributed by atoms with E-state index in [-0.39, 0.29) is 0 Å². The molecule has 4 nitrogen and oxygen atoms in total. The van der Waals surface area contributed by atoms with E-state index >= 15 is 0 Å². The number of nitrogens with one attached hydrogen (secondary N) is 1. The topological polar surface area (TPSA) is 50.1 Å². The van der Waals surface area contributed by atoms with Crippen LogP contribution < -0.4 is 5.32 Å². The quantitative estimate of drug-likeness (QED) is 0.843. The minimum Gasteiger partial charge on any atom is -0.385 e. The molecule has 0 aliphatic heterocycles. The van der Waals surface area contributed by atoms with Crippen LogP contribution in [-0.4, -0.2) is 27.5 Å². The Labute approximate surface area is 105 Å². The van der Waals surface area contributed by atoms with Gasteiger partial charge in [0.2, 0.25) is 0 Å². The van der Waals surface area contributed by atoms with Gasteiger partial charge in [-0.25, -0.2) is 0 Å². The van der Waals surface area contributed by atoms with E-state index in [0.717, 1.165) is 23.1 Å². The molecule has 1 rings (SSSR count). The molecule has 0 bridgehead atoms. The molecule has 0 radical (unpaired) electrons. The summed E-state index contributed by atoms with van der Waals surface area (Å²) in [5, 5.41) is 17.5. The van der Waals surface area contributed by atoms with Crippen molar-refractivity contribution in [1.82, 2.24) is 15.1 Å². The highest BCUT2D eigenvalue weighted by molar-refractivity contribution is 9.10. The van der Waals surface area contributed by atoms with Crippen LogP contribution in [-0.2, 0) is 6.54 Å². The summed E-state index contributed by atoms with van der Waals surface area (Å²) in [6.45, 7) is 7.60. The molecule has 0 spiro atoms. The van der Waals surface area contributed by atoms with Gasteiger partial charge in [0.1, 0.15) is 6.10 Å². The molecule has 0 aliphatic rings. The zero-order valence-corrected chi connectivity index (χ0v) is 11.7. The fourth-order valence-corrected chi connectivity index (χ4v) is 2.10. The highest BCUT2D eigenvalue weighted by Gasteiger charge is 2.17. The maximum Gasteiger partial charge on any atom is 0.109 e. The highest BCUT2D eigenvalue weighted by atomic mass is 79.9. The maximum atomic E-state index is 10.1. The van der Waals surface area contributed by atoms with E-state index in [2.05, 4.69) is 47.1 Å². The minimum atomic E-state index is -0.522. The summed E-state index contributed by atoms with van der Waals surface area (Å²) in [6, 6.07) is 0.371. The van der Waals surface area contributed by atoms with Crippen LogP contribution in [0, 0.1) is 0 Å². The van der Waals surface area contributed by atoms with Crippen molar-refractivity contribution in [3.05, 3.63) is 16.4 Å². The Kier molecular flexibility index (Phi) is 5.44. The molecule has 0 saturated heterocycles. The van der Waals surface area contributed by atoms with Crippen LogP contribution in [0.2, 0.25) is 0 Å². The molecule has 0 amide bonds. The molecule has 0 aromatic carbocycles. The van der Waals surface area contributed by atoms with Crippen LogP contribution in [0.5, 0.6) is 0 Å². The normalized spacial score (nSPS) is 13.4. The first-order chi connectivity index (χ1) is 7.56. The Balaban J connectivity index is 2.72. The van der Waals surface area contributed by atoms with Gasteiger partial charge < -0.3 is 10.4 Å². The highest BCUT2D eigenvalue weighted by Crippen LogP contribution is 2.23. The third-order valence-electron chi connectivity index (χ3n) is 2.30. The van der Waals surface area contributed by atoms with Crippen molar-refractivity contribution in [2.45, 2.75) is 45.9 Å². The van der Waals surface area contributed by atoms with Crippen LogP contribution in [0.3, 0.4) is 0 Å². The fraction of sp³-hybridized carbons (Fsp3) is 0.727. The van der Waals surface area contributed by atoms with Crippen molar-refractivity contribution in [3.63, 3.8) is 0 Å². The Hall–Kier alpha value is -0.390. The smallest absolute Gasteiger partial charge is 0.109 e. The number of hydrogen-bond acceptors (Lipinski definition) is 3. The average Bonchev–Trinajstić information content (AvgIpc) is 2.57. The molecule has 1 unspecified atom stereocenters. The van der Waals surface area contributed by atoms with Gasteiger partial charge >= 0.3 is 0 Å². The number of aliphatic hydroxyl groups is 1. The molecule has 1 heterocycles. The maximum absolute atomic E-state index is 10.1. The number of aromatic nitrogens is 2. The second-order valence-corrected chi connectivity index (χ2v) is 5.03. The number of aryl methyl sites for hydroxylation is 1. The molecule has 1 aromatic rings. The molecule has 1 atom stereocenters. The van der Waals surface area contributed by atoms with Crippen LogP contribution in [0.1, 0.15) is 39.0 Å². The molecule has 0 saturated carbocycles. The van der Waals surface area contributed by atoms with Crippen molar-refractivity contribution in [2.24, 2.45) is 0 Å². The monoisotopic (exact) mass is 289 g/mol. The van der Waals surface area contributed by atoms with Crippen LogP contribution in [0.4, 0.5) is 0 Å². The van der Waals surface area contributed by atoms with Crippen LogP contribution in [0.15, 0.2) is 10.7 Å². The van der Waals surface area contributed by atoms with E-state index in [0.29, 0.717) is 12.6 Å². The number of rotatable bonds is 6. The largest absolute Gasteiger partial charge is 0.385 e. The third kappa shape index (κ3) is 3.57. The van der Waals surface area contributed by atoms with Gasteiger partial charge in [-0.3, -0.25) is 4.68 Å². The third-order valence-corrected chi connectivity index (χ3v) is 2.91. The summed E-state index contributed by atoms with van der Waals surface area (Å²) >= 11 is 3.42. The van der Waals surface area contributed by atoms with E-state index in [9.17, 15) is 5.11 Å². The van der Waals surface area contributed by atoms with Crippen molar-refractivity contribution in [2.75, 3.05) is 6.54 Å². The van der Waals surface area contributed by atoms with Gasteiger partial charge in [-0.1, -0.05) is 20.8 Å². The van der Waals surface area contributed by atoms with Crippen molar-refractivity contribution >= 4 is 15.9 Å². The van der Waals surface area contributed by atoms with E-state index in [1.165, 1.54) is 0 Å². The lowest BCUT2D eigenvalue weighted by molar-refractivity contribution is 0.159. The molecule has 5 heteroatoms. The molecule has 0 fully saturated rings. The standard InChI is InChI=1S/C11H20BrN3O/c1-4-5-15-11(9(12)6-14-15)10(16)7-13-8(2)3/h6,8,10,13,16H,4-5,7H2,1-3H3. The first kappa shape index (κ1) is 13.7. The predicted octanol–water partition coefficient (Wildman–Crippen LogP) is 2.09. The predicted molar refractivity (Wildman–Crippen MR) is 68.3 cm³/mol. The van der Waals surface area contributed by atoms with Crippen molar-refractivity contribution in [3.8, 4) is 0 Å². The van der Waals surface area contributed by atoms with Crippen molar-refractivity contribution < 1.29 is 5.11 Å². The Morgan fingerprint density at radius 2 is 2.25 bits per heavy atom. The summed E-state index contributed by atoms with van der Waals surface area (Å²) in [7, 11) is 0. The first-order valence-corrected chi connectivity index (χ1v) is 6.48. The van der Waals surface area contributed by atoms with Gasteiger partial charge in [-0.05, 0) is 22.4 Å². The summed E-state index contributed by atoms with van der Waals surface area (Å²) in [6.07, 6.45) is 2.22. The molecule has 2 N–H and O–H groups in total. The minimum absolute atomic E-state index is 0.371. The van der Waals surface area contributed by atoms with E-state index < -0.39 is 6.10 Å². The Bertz CT molecular complexity index is 325. The van der Waals surface area contributed by atoms with Gasteiger partial charge in [-0.2, -0.15) is 5.10 Å². The summed E-state index contributed by atoms with van der Waals surface area (Å²) in [5.74, 6) is 0. The van der Waals surface area contributed by atoms with Crippen LogP contribution in [0.25, 0.3) is 0 Å². The van der Waals surface area contributed by atoms with Gasteiger partial charge in [0.15, 0.2) is 0 Å². The SMILES string of the molecule is CCCn1ncc(Br)c1C(O)CNC(C)C. The molecule has 16 heavy (non-hydrogen) atoms. The molecular formula is C11H20BrN3O. The Morgan fingerprint density at radius 1 is 1.56 bits per heavy atom. The first-order valence-electron chi connectivity index (χ1n) is 5.68. The fourth-order valence-electron chi connectivity index (χ4n) is 1.54. The summed E-state index contributed by atoms with van der Waals surface area (Å²) in [4.78, 5) is 0. The van der Waals surface area contributed by atoms with Crippen LogP contribution >= 0.6 is 15.9 Å².